The van der Waals surface area contributed by atoms with Gasteiger partial charge in [0.25, 0.3) is 0 Å². The molecule has 0 bridgehead atoms. The van der Waals surface area contributed by atoms with Crippen molar-refractivity contribution in [2.45, 2.75) is 24.2 Å². The van der Waals surface area contributed by atoms with E-state index in [1.807, 2.05) is 10.8 Å². The van der Waals surface area contributed by atoms with Gasteiger partial charge in [0, 0.05) is 6.61 Å². The van der Waals surface area contributed by atoms with Gasteiger partial charge in [0.2, 0.25) is 0 Å². The number of nitrogen functional groups attached to an aromatic ring is 1. The number of rotatable bonds is 2. The van der Waals surface area contributed by atoms with Gasteiger partial charge in [-0.1, -0.05) is 11.8 Å². The summed E-state index contributed by atoms with van der Waals surface area (Å²) < 4.78 is 7.58. The van der Waals surface area contributed by atoms with Crippen LogP contribution >= 0.6 is 11.8 Å². The Bertz CT molecular complexity index is 549. The van der Waals surface area contributed by atoms with Gasteiger partial charge in [-0.2, -0.15) is 0 Å². The third-order valence-corrected chi connectivity index (χ3v) is 3.37. The van der Waals surface area contributed by atoms with Crippen LogP contribution in [0.1, 0.15) is 19.1 Å². The highest BCUT2D eigenvalue weighted by Gasteiger charge is 2.21. The maximum atomic E-state index is 5.86. The summed E-state index contributed by atoms with van der Waals surface area (Å²) in [6, 6.07) is 0. The fourth-order valence-electron chi connectivity index (χ4n) is 2.00. The van der Waals surface area contributed by atoms with Crippen LogP contribution in [0.15, 0.2) is 11.5 Å². The predicted octanol–water partition coefficient (Wildman–Crippen LogP) is 1.44. The lowest BCUT2D eigenvalue weighted by Gasteiger charge is -2.11. The van der Waals surface area contributed by atoms with E-state index in [4.69, 9.17) is 10.5 Å². The molecule has 2 N–H and O–H groups in total. The summed E-state index contributed by atoms with van der Waals surface area (Å²) in [7, 11) is 0. The first-order chi connectivity index (χ1) is 8.29. The molecule has 0 aliphatic carbocycles. The zero-order valence-electron chi connectivity index (χ0n) is 9.46. The lowest BCUT2D eigenvalue weighted by molar-refractivity contribution is 0.0592. The molecule has 3 heterocycles. The number of nitrogens with two attached hydrogens (primary N) is 1. The van der Waals surface area contributed by atoms with Crippen LogP contribution in [0.5, 0.6) is 0 Å². The average Bonchev–Trinajstić information content (AvgIpc) is 2.96. The molecule has 2 aromatic heterocycles. The summed E-state index contributed by atoms with van der Waals surface area (Å²) in [4.78, 5) is 12.9. The Morgan fingerprint density at radius 2 is 2.41 bits per heavy atom. The molecule has 1 unspecified atom stereocenters. The Labute approximate surface area is 103 Å². The second kappa shape index (κ2) is 4.15. The Kier molecular flexibility index (Phi) is 2.64. The largest absolute Gasteiger partial charge is 0.382 e. The summed E-state index contributed by atoms with van der Waals surface area (Å²) in [6.45, 7) is 0.792. The molecule has 7 heteroatoms. The second-order valence-electron chi connectivity index (χ2n) is 3.89. The number of nitrogens with zero attached hydrogens (tertiary/aromatic N) is 4. The van der Waals surface area contributed by atoms with Gasteiger partial charge in [-0.3, -0.25) is 4.57 Å². The van der Waals surface area contributed by atoms with Crippen molar-refractivity contribution >= 4 is 28.7 Å². The van der Waals surface area contributed by atoms with Crippen LogP contribution in [0.3, 0.4) is 0 Å². The SMILES string of the molecule is CSc1nc(N)c2ncn(C3CCCO3)c2n1. The molecule has 2 aromatic rings. The van der Waals surface area contributed by atoms with E-state index in [-0.39, 0.29) is 6.23 Å². The smallest absolute Gasteiger partial charge is 0.191 e. The Hall–Kier alpha value is -1.34. The molecule has 0 spiro atoms. The van der Waals surface area contributed by atoms with Crippen LogP contribution in [-0.2, 0) is 4.74 Å². The van der Waals surface area contributed by atoms with Crippen molar-refractivity contribution < 1.29 is 4.74 Å². The van der Waals surface area contributed by atoms with Crippen LogP contribution in [0.4, 0.5) is 5.82 Å². The minimum Gasteiger partial charge on any atom is -0.382 e. The summed E-state index contributed by atoms with van der Waals surface area (Å²) in [5.74, 6) is 0.427. The number of anilines is 1. The second-order valence-corrected chi connectivity index (χ2v) is 4.66. The standard InChI is InChI=1S/C10H13N5OS/c1-17-10-13-8(11)7-9(14-10)15(5-12-7)6-3-2-4-16-6/h5-6H,2-4H2,1H3,(H2,11,13,14). The highest BCUT2D eigenvalue weighted by Crippen LogP contribution is 2.28. The van der Waals surface area contributed by atoms with Gasteiger partial charge in [-0.05, 0) is 19.1 Å². The van der Waals surface area contributed by atoms with E-state index in [0.29, 0.717) is 16.5 Å². The molecule has 17 heavy (non-hydrogen) atoms. The molecule has 1 aliphatic rings. The predicted molar refractivity (Wildman–Crippen MR) is 65.7 cm³/mol. The molecule has 1 aliphatic heterocycles. The molecule has 0 amide bonds. The zero-order chi connectivity index (χ0) is 11.8. The lowest BCUT2D eigenvalue weighted by atomic mass is 10.3. The van der Waals surface area contributed by atoms with Gasteiger partial charge in [-0.15, -0.1) is 0 Å². The van der Waals surface area contributed by atoms with E-state index >= 15 is 0 Å². The molecule has 0 radical (unpaired) electrons. The Morgan fingerprint density at radius 3 is 3.12 bits per heavy atom. The fraction of sp³-hybridized carbons (Fsp3) is 0.500. The van der Waals surface area contributed by atoms with Crippen molar-refractivity contribution in [3.63, 3.8) is 0 Å². The normalized spacial score (nSPS) is 20.2. The van der Waals surface area contributed by atoms with E-state index < -0.39 is 0 Å². The van der Waals surface area contributed by atoms with E-state index in [2.05, 4.69) is 15.0 Å². The molecule has 1 fully saturated rings. The monoisotopic (exact) mass is 251 g/mol. The summed E-state index contributed by atoms with van der Waals surface area (Å²) in [6.07, 6.45) is 5.75. The van der Waals surface area contributed by atoms with Crippen molar-refractivity contribution in [3.05, 3.63) is 6.33 Å². The van der Waals surface area contributed by atoms with E-state index in [1.165, 1.54) is 11.8 Å². The van der Waals surface area contributed by atoms with Crippen molar-refractivity contribution in [1.82, 2.24) is 19.5 Å². The van der Waals surface area contributed by atoms with Gasteiger partial charge in [0.05, 0.1) is 6.33 Å². The minimum atomic E-state index is 0.0315. The van der Waals surface area contributed by atoms with Crippen LogP contribution in [0.25, 0.3) is 11.2 Å². The molecule has 3 rings (SSSR count). The minimum absolute atomic E-state index is 0.0315. The van der Waals surface area contributed by atoms with Crippen LogP contribution in [0, 0.1) is 0 Å². The first-order valence-electron chi connectivity index (χ1n) is 5.45. The third-order valence-electron chi connectivity index (χ3n) is 2.83. The van der Waals surface area contributed by atoms with Crippen molar-refractivity contribution in [3.8, 4) is 0 Å². The number of imidazole rings is 1. The highest BCUT2D eigenvalue weighted by atomic mass is 32.2. The van der Waals surface area contributed by atoms with Crippen molar-refractivity contribution in [2.75, 3.05) is 18.6 Å². The van der Waals surface area contributed by atoms with Gasteiger partial charge in [0.15, 0.2) is 16.6 Å². The lowest BCUT2D eigenvalue weighted by Crippen LogP contribution is -2.07. The maximum absolute atomic E-state index is 5.86. The van der Waals surface area contributed by atoms with Crippen molar-refractivity contribution in [1.29, 1.82) is 0 Å². The number of hydrogen-bond acceptors (Lipinski definition) is 6. The quantitative estimate of drug-likeness (QED) is 0.642. The summed E-state index contributed by atoms with van der Waals surface area (Å²) in [5.41, 5.74) is 7.27. The molecule has 90 valence electrons. The van der Waals surface area contributed by atoms with Gasteiger partial charge in [-0.25, -0.2) is 15.0 Å². The molecule has 6 nitrogen and oxygen atoms in total. The number of thioether (sulfide) groups is 1. The zero-order valence-corrected chi connectivity index (χ0v) is 10.3. The van der Waals surface area contributed by atoms with E-state index in [9.17, 15) is 0 Å². The average molecular weight is 251 g/mol. The number of aromatic nitrogens is 4. The molecular formula is C10H13N5OS. The van der Waals surface area contributed by atoms with E-state index in [1.54, 1.807) is 6.33 Å². The first-order valence-corrected chi connectivity index (χ1v) is 6.67. The number of ether oxygens (including phenoxy) is 1. The molecule has 1 saturated heterocycles. The summed E-state index contributed by atoms with van der Waals surface area (Å²) >= 11 is 1.47. The maximum Gasteiger partial charge on any atom is 0.191 e. The molecule has 0 aromatic carbocycles. The van der Waals surface area contributed by atoms with Crippen LogP contribution in [0.2, 0.25) is 0 Å². The van der Waals surface area contributed by atoms with E-state index in [0.717, 1.165) is 25.1 Å². The molecule has 1 atom stereocenters. The fourth-order valence-corrected chi connectivity index (χ4v) is 2.37. The van der Waals surface area contributed by atoms with Crippen molar-refractivity contribution in [2.24, 2.45) is 0 Å². The van der Waals surface area contributed by atoms with Gasteiger partial charge < -0.3 is 10.5 Å². The van der Waals surface area contributed by atoms with Crippen LogP contribution in [-0.4, -0.2) is 32.4 Å². The van der Waals surface area contributed by atoms with Gasteiger partial charge >= 0.3 is 0 Å². The molecular weight excluding hydrogens is 238 g/mol. The van der Waals surface area contributed by atoms with Crippen LogP contribution < -0.4 is 5.73 Å². The summed E-state index contributed by atoms with van der Waals surface area (Å²) in [5, 5.41) is 0.662. The third kappa shape index (κ3) is 1.75. The number of hydrogen-bond donors (Lipinski definition) is 1. The Morgan fingerprint density at radius 1 is 1.53 bits per heavy atom. The topological polar surface area (TPSA) is 78.8 Å². The molecule has 0 saturated carbocycles. The van der Waals surface area contributed by atoms with Gasteiger partial charge in [0.1, 0.15) is 11.7 Å². The number of fused-ring (bicyclic) bond motifs is 1. The highest BCUT2D eigenvalue weighted by molar-refractivity contribution is 7.98. The Balaban J connectivity index is 2.15. The first kappa shape index (κ1) is 10.8.